The summed E-state index contributed by atoms with van der Waals surface area (Å²) in [5, 5.41) is 0. The minimum absolute atomic E-state index is 0.0306. The van der Waals surface area contributed by atoms with Gasteiger partial charge in [-0.05, 0) is 50.9 Å². The van der Waals surface area contributed by atoms with Crippen molar-refractivity contribution in [1.82, 2.24) is 4.90 Å². The van der Waals surface area contributed by atoms with Crippen LogP contribution in [0.3, 0.4) is 0 Å². The molecule has 0 unspecified atom stereocenters. The second-order valence-electron chi connectivity index (χ2n) is 8.35. The lowest BCUT2D eigenvalue weighted by Crippen LogP contribution is -2.56. The Kier molecular flexibility index (Phi) is 4.11. The summed E-state index contributed by atoms with van der Waals surface area (Å²) in [5.74, 6) is 0.394. The monoisotopic (exact) mass is 295 g/mol. The van der Waals surface area contributed by atoms with E-state index in [1.165, 1.54) is 0 Å². The highest BCUT2D eigenvalue weighted by atomic mass is 16.6. The van der Waals surface area contributed by atoms with Gasteiger partial charge in [0.25, 0.3) is 0 Å². The Morgan fingerprint density at radius 1 is 1.14 bits per heavy atom. The van der Waals surface area contributed by atoms with E-state index in [0.717, 1.165) is 32.4 Å². The molecule has 1 aliphatic carbocycles. The van der Waals surface area contributed by atoms with E-state index in [4.69, 9.17) is 4.74 Å². The van der Waals surface area contributed by atoms with Gasteiger partial charge in [-0.3, -0.25) is 4.79 Å². The number of nitrogens with zero attached hydrogens (tertiary/aromatic N) is 1. The maximum absolute atomic E-state index is 12.3. The Morgan fingerprint density at radius 3 is 2.19 bits per heavy atom. The number of ether oxygens (including phenoxy) is 1. The van der Waals surface area contributed by atoms with E-state index in [0.29, 0.717) is 18.6 Å². The Balaban J connectivity index is 2.06. The van der Waals surface area contributed by atoms with E-state index in [9.17, 15) is 9.59 Å². The van der Waals surface area contributed by atoms with Gasteiger partial charge in [-0.2, -0.15) is 0 Å². The summed E-state index contributed by atoms with van der Waals surface area (Å²) in [7, 11) is 0. The minimum Gasteiger partial charge on any atom is -0.444 e. The SMILES string of the molecule is CC(C)(C)OC(=O)N1CCC2(CCC(=O)CC2)C(C)(C)C1. The normalized spacial score (nSPS) is 25.0. The third-order valence-corrected chi connectivity index (χ3v) is 5.30. The van der Waals surface area contributed by atoms with Crippen LogP contribution in [0.15, 0.2) is 0 Å². The van der Waals surface area contributed by atoms with Crippen molar-refractivity contribution in [2.75, 3.05) is 13.1 Å². The number of ketones is 1. The highest BCUT2D eigenvalue weighted by molar-refractivity contribution is 5.79. The summed E-state index contributed by atoms with van der Waals surface area (Å²) in [5.41, 5.74) is -0.212. The third kappa shape index (κ3) is 3.41. The van der Waals surface area contributed by atoms with Crippen LogP contribution in [0.1, 0.15) is 66.7 Å². The third-order valence-electron chi connectivity index (χ3n) is 5.30. The average molecular weight is 295 g/mol. The number of Topliss-reactive ketones (excluding diaryl/α,β-unsaturated/α-hetero) is 1. The lowest BCUT2D eigenvalue weighted by Gasteiger charge is -2.55. The van der Waals surface area contributed by atoms with Gasteiger partial charge < -0.3 is 9.64 Å². The van der Waals surface area contributed by atoms with Crippen LogP contribution < -0.4 is 0 Å². The molecule has 0 radical (unpaired) electrons. The highest BCUT2D eigenvalue weighted by Gasteiger charge is 2.50. The van der Waals surface area contributed by atoms with Crippen LogP contribution in [0, 0.1) is 10.8 Å². The number of carbonyl (C=O) groups is 2. The van der Waals surface area contributed by atoms with E-state index >= 15 is 0 Å². The van der Waals surface area contributed by atoms with Crippen molar-refractivity contribution in [3.8, 4) is 0 Å². The number of carbonyl (C=O) groups excluding carboxylic acids is 2. The van der Waals surface area contributed by atoms with Gasteiger partial charge in [0.1, 0.15) is 11.4 Å². The summed E-state index contributed by atoms with van der Waals surface area (Å²) in [6.45, 7) is 11.6. The summed E-state index contributed by atoms with van der Waals surface area (Å²) in [6.07, 6.45) is 4.12. The van der Waals surface area contributed by atoms with Crippen molar-refractivity contribution in [1.29, 1.82) is 0 Å². The molecule has 1 aliphatic heterocycles. The predicted molar refractivity (Wildman–Crippen MR) is 82.1 cm³/mol. The molecular formula is C17H29NO3. The molecule has 1 saturated heterocycles. The molecule has 2 rings (SSSR count). The first-order chi connectivity index (χ1) is 9.55. The van der Waals surface area contributed by atoms with Crippen molar-refractivity contribution >= 4 is 11.9 Å². The second-order valence-corrected chi connectivity index (χ2v) is 8.35. The largest absolute Gasteiger partial charge is 0.444 e. The molecule has 1 heterocycles. The molecule has 4 heteroatoms. The molecule has 1 spiro atoms. The Morgan fingerprint density at radius 2 is 1.71 bits per heavy atom. The maximum Gasteiger partial charge on any atom is 0.410 e. The van der Waals surface area contributed by atoms with Gasteiger partial charge in [0.2, 0.25) is 0 Å². The predicted octanol–water partition coefficient (Wildman–Crippen LogP) is 3.78. The summed E-state index contributed by atoms with van der Waals surface area (Å²) >= 11 is 0. The van der Waals surface area contributed by atoms with Crippen molar-refractivity contribution in [2.24, 2.45) is 10.8 Å². The van der Waals surface area contributed by atoms with Crippen LogP contribution in [-0.2, 0) is 9.53 Å². The second kappa shape index (κ2) is 5.29. The van der Waals surface area contributed by atoms with Crippen molar-refractivity contribution < 1.29 is 14.3 Å². The summed E-state index contributed by atoms with van der Waals surface area (Å²) in [4.78, 5) is 25.7. The van der Waals surface area contributed by atoms with E-state index in [-0.39, 0.29) is 16.9 Å². The van der Waals surface area contributed by atoms with Crippen LogP contribution >= 0.6 is 0 Å². The number of hydrogen-bond acceptors (Lipinski definition) is 3. The number of hydrogen-bond donors (Lipinski definition) is 0. The molecule has 0 aromatic rings. The lowest BCUT2D eigenvalue weighted by molar-refractivity contribution is -0.128. The Hall–Kier alpha value is -1.06. The smallest absolute Gasteiger partial charge is 0.410 e. The molecule has 2 fully saturated rings. The van der Waals surface area contributed by atoms with Crippen LogP contribution in [0.5, 0.6) is 0 Å². The number of likely N-dealkylation sites (tertiary alicyclic amines) is 1. The molecule has 0 atom stereocenters. The van der Waals surface area contributed by atoms with Gasteiger partial charge in [0, 0.05) is 25.9 Å². The molecule has 0 aromatic carbocycles. The van der Waals surface area contributed by atoms with Gasteiger partial charge in [0.15, 0.2) is 0 Å². The molecule has 120 valence electrons. The fourth-order valence-electron chi connectivity index (χ4n) is 3.83. The van der Waals surface area contributed by atoms with Crippen molar-refractivity contribution in [2.45, 2.75) is 72.3 Å². The molecule has 21 heavy (non-hydrogen) atoms. The topological polar surface area (TPSA) is 46.6 Å². The molecule has 0 bridgehead atoms. The van der Waals surface area contributed by atoms with Crippen molar-refractivity contribution in [3.05, 3.63) is 0 Å². The average Bonchev–Trinajstić information content (AvgIpc) is 2.33. The van der Waals surface area contributed by atoms with Crippen LogP contribution in [0.25, 0.3) is 0 Å². The Labute approximate surface area is 128 Å². The molecule has 1 saturated carbocycles. The maximum atomic E-state index is 12.3. The highest BCUT2D eigenvalue weighted by Crippen LogP contribution is 2.54. The van der Waals surface area contributed by atoms with E-state index in [2.05, 4.69) is 13.8 Å². The molecular weight excluding hydrogens is 266 g/mol. The zero-order chi connectivity index (χ0) is 15.9. The summed E-state index contributed by atoms with van der Waals surface area (Å²) < 4.78 is 5.50. The first kappa shape index (κ1) is 16.3. The molecule has 0 N–H and O–H groups in total. The van der Waals surface area contributed by atoms with E-state index < -0.39 is 5.60 Å². The molecule has 1 amide bonds. The minimum atomic E-state index is -0.451. The zero-order valence-electron chi connectivity index (χ0n) is 14.1. The molecule has 2 aliphatic rings. The Bertz CT molecular complexity index is 424. The quantitative estimate of drug-likeness (QED) is 0.683. The first-order valence-corrected chi connectivity index (χ1v) is 8.04. The van der Waals surface area contributed by atoms with Crippen molar-refractivity contribution in [3.63, 3.8) is 0 Å². The zero-order valence-corrected chi connectivity index (χ0v) is 14.1. The van der Waals surface area contributed by atoms with Crippen LogP contribution in [0.4, 0.5) is 4.79 Å². The van der Waals surface area contributed by atoms with E-state index in [1.54, 1.807) is 0 Å². The van der Waals surface area contributed by atoms with Gasteiger partial charge >= 0.3 is 6.09 Å². The van der Waals surface area contributed by atoms with E-state index in [1.807, 2.05) is 25.7 Å². The summed E-state index contributed by atoms with van der Waals surface area (Å²) in [6, 6.07) is 0. The molecule has 0 aromatic heterocycles. The van der Waals surface area contributed by atoms with Crippen LogP contribution in [-0.4, -0.2) is 35.5 Å². The fourth-order valence-corrected chi connectivity index (χ4v) is 3.83. The number of amides is 1. The number of piperidine rings is 1. The lowest BCUT2D eigenvalue weighted by atomic mass is 9.55. The fraction of sp³-hybridized carbons (Fsp3) is 0.882. The van der Waals surface area contributed by atoms with Gasteiger partial charge in [-0.15, -0.1) is 0 Å². The first-order valence-electron chi connectivity index (χ1n) is 8.04. The molecule has 4 nitrogen and oxygen atoms in total. The number of rotatable bonds is 0. The van der Waals surface area contributed by atoms with Crippen LogP contribution in [0.2, 0.25) is 0 Å². The van der Waals surface area contributed by atoms with Gasteiger partial charge in [0.05, 0.1) is 0 Å². The standard InChI is InChI=1S/C17H29NO3/c1-15(2,3)21-14(20)18-11-10-17(16(4,5)12-18)8-6-13(19)7-9-17/h6-12H2,1-5H3. The van der Waals surface area contributed by atoms with Gasteiger partial charge in [-0.1, -0.05) is 13.8 Å². The van der Waals surface area contributed by atoms with Gasteiger partial charge in [-0.25, -0.2) is 4.79 Å².